The minimum Gasteiger partial charge on any atom is -0.323 e. The van der Waals surface area contributed by atoms with Crippen molar-refractivity contribution in [2.45, 2.75) is 6.92 Å². The molecule has 11 heavy (non-hydrogen) atoms. The van der Waals surface area contributed by atoms with Gasteiger partial charge in [-0.3, -0.25) is 0 Å². The van der Waals surface area contributed by atoms with Gasteiger partial charge < -0.3 is 5.84 Å². The lowest BCUT2D eigenvalue weighted by atomic mass is 10.1. The molecular weight excluding hydrogens is 143 g/mol. The number of rotatable bonds is 1. The third-order valence-corrected chi connectivity index (χ3v) is 1.37. The average molecular weight is 152 g/mol. The SMILES string of the molecule is Cc1ccc(F)c(C=NN)c1. The number of halogens is 1. The molecule has 0 fully saturated rings. The van der Waals surface area contributed by atoms with Crippen molar-refractivity contribution in [3.63, 3.8) is 0 Å². The Morgan fingerprint density at radius 2 is 2.27 bits per heavy atom. The summed E-state index contributed by atoms with van der Waals surface area (Å²) >= 11 is 0. The largest absolute Gasteiger partial charge is 0.323 e. The lowest BCUT2D eigenvalue weighted by Crippen LogP contribution is -1.91. The van der Waals surface area contributed by atoms with Gasteiger partial charge in [0, 0.05) is 5.56 Å². The third-order valence-electron chi connectivity index (χ3n) is 1.37. The van der Waals surface area contributed by atoms with Gasteiger partial charge in [-0.2, -0.15) is 5.10 Å². The smallest absolute Gasteiger partial charge is 0.132 e. The van der Waals surface area contributed by atoms with Crippen molar-refractivity contribution < 1.29 is 4.39 Å². The minimum atomic E-state index is -0.301. The Bertz CT molecular complexity index is 281. The monoisotopic (exact) mass is 152 g/mol. The summed E-state index contributed by atoms with van der Waals surface area (Å²) in [6.07, 6.45) is 1.29. The van der Waals surface area contributed by atoms with E-state index in [0.29, 0.717) is 5.56 Å². The van der Waals surface area contributed by atoms with E-state index < -0.39 is 0 Å². The van der Waals surface area contributed by atoms with E-state index in [9.17, 15) is 4.39 Å². The van der Waals surface area contributed by atoms with Crippen molar-refractivity contribution >= 4 is 6.21 Å². The zero-order valence-electron chi connectivity index (χ0n) is 6.21. The molecule has 0 aromatic heterocycles. The molecule has 0 bridgehead atoms. The van der Waals surface area contributed by atoms with Crippen LogP contribution in [0.5, 0.6) is 0 Å². The number of nitrogens with two attached hydrogens (primary N) is 1. The third kappa shape index (κ3) is 1.77. The van der Waals surface area contributed by atoms with Crippen LogP contribution in [0, 0.1) is 12.7 Å². The molecule has 0 heterocycles. The van der Waals surface area contributed by atoms with Crippen LogP contribution in [0.3, 0.4) is 0 Å². The van der Waals surface area contributed by atoms with E-state index >= 15 is 0 Å². The lowest BCUT2D eigenvalue weighted by Gasteiger charge is -1.96. The molecule has 0 aliphatic heterocycles. The second-order valence-corrected chi connectivity index (χ2v) is 2.30. The number of nitrogens with zero attached hydrogens (tertiary/aromatic N) is 1. The highest BCUT2D eigenvalue weighted by molar-refractivity contribution is 5.79. The van der Waals surface area contributed by atoms with Crippen LogP contribution in [0.2, 0.25) is 0 Å². The van der Waals surface area contributed by atoms with Crippen LogP contribution < -0.4 is 5.84 Å². The van der Waals surface area contributed by atoms with Crippen LogP contribution in [-0.2, 0) is 0 Å². The standard InChI is InChI=1S/C8H9FN2/c1-6-2-3-8(9)7(4-6)5-11-10/h2-5H,10H2,1H3. The van der Waals surface area contributed by atoms with Gasteiger partial charge in [-0.25, -0.2) is 4.39 Å². The molecule has 2 nitrogen and oxygen atoms in total. The molecule has 0 atom stereocenters. The zero-order chi connectivity index (χ0) is 8.27. The molecule has 1 rings (SSSR count). The van der Waals surface area contributed by atoms with Gasteiger partial charge in [0.25, 0.3) is 0 Å². The van der Waals surface area contributed by atoms with Crippen molar-refractivity contribution in [2.75, 3.05) is 0 Å². The average Bonchev–Trinajstić information content (AvgIpc) is 1.98. The van der Waals surface area contributed by atoms with Crippen molar-refractivity contribution in [1.29, 1.82) is 0 Å². The molecule has 58 valence electrons. The Morgan fingerprint density at radius 3 is 2.91 bits per heavy atom. The summed E-state index contributed by atoms with van der Waals surface area (Å²) in [5, 5.41) is 3.24. The fourth-order valence-electron chi connectivity index (χ4n) is 0.842. The predicted molar refractivity (Wildman–Crippen MR) is 42.9 cm³/mol. The summed E-state index contributed by atoms with van der Waals surface area (Å²) in [4.78, 5) is 0. The van der Waals surface area contributed by atoms with Crippen molar-refractivity contribution in [2.24, 2.45) is 10.9 Å². The summed E-state index contributed by atoms with van der Waals surface area (Å²) in [5.41, 5.74) is 1.41. The molecule has 3 heteroatoms. The fourth-order valence-corrected chi connectivity index (χ4v) is 0.842. The Labute approximate surface area is 64.5 Å². The predicted octanol–water partition coefficient (Wildman–Crippen LogP) is 1.43. The van der Waals surface area contributed by atoms with Crippen molar-refractivity contribution in [1.82, 2.24) is 0 Å². The van der Waals surface area contributed by atoms with Crippen molar-refractivity contribution in [3.05, 3.63) is 35.1 Å². The van der Waals surface area contributed by atoms with E-state index in [0.717, 1.165) is 5.56 Å². The zero-order valence-corrected chi connectivity index (χ0v) is 6.21. The Hall–Kier alpha value is -1.38. The number of hydrazone groups is 1. The first-order valence-corrected chi connectivity index (χ1v) is 3.23. The van der Waals surface area contributed by atoms with E-state index in [2.05, 4.69) is 5.10 Å². The first-order valence-electron chi connectivity index (χ1n) is 3.23. The Kier molecular flexibility index (Phi) is 2.21. The molecule has 0 radical (unpaired) electrons. The number of aryl methyl sites for hydroxylation is 1. The van der Waals surface area contributed by atoms with E-state index in [1.165, 1.54) is 12.3 Å². The first-order chi connectivity index (χ1) is 5.24. The molecule has 0 saturated heterocycles. The normalized spacial score (nSPS) is 10.7. The second kappa shape index (κ2) is 3.14. The van der Waals surface area contributed by atoms with E-state index in [1.807, 2.05) is 6.92 Å². The first kappa shape index (κ1) is 7.72. The second-order valence-electron chi connectivity index (χ2n) is 2.30. The molecular formula is C8H9FN2. The molecule has 0 spiro atoms. The van der Waals surface area contributed by atoms with Crippen LogP contribution >= 0.6 is 0 Å². The molecule has 0 aliphatic carbocycles. The highest BCUT2D eigenvalue weighted by Gasteiger charge is 1.97. The number of hydrogen-bond donors (Lipinski definition) is 1. The Balaban J connectivity index is 3.12. The van der Waals surface area contributed by atoms with E-state index in [-0.39, 0.29) is 5.82 Å². The lowest BCUT2D eigenvalue weighted by molar-refractivity contribution is 0.625. The minimum absolute atomic E-state index is 0.301. The number of benzene rings is 1. The highest BCUT2D eigenvalue weighted by Crippen LogP contribution is 2.06. The van der Waals surface area contributed by atoms with Gasteiger partial charge in [0.15, 0.2) is 0 Å². The molecule has 0 aliphatic rings. The van der Waals surface area contributed by atoms with Gasteiger partial charge in [-0.05, 0) is 19.1 Å². The molecule has 2 N–H and O–H groups in total. The summed E-state index contributed by atoms with van der Waals surface area (Å²) in [6.45, 7) is 1.88. The summed E-state index contributed by atoms with van der Waals surface area (Å²) in [7, 11) is 0. The molecule has 0 unspecified atom stereocenters. The summed E-state index contributed by atoms with van der Waals surface area (Å²) in [5.74, 6) is 4.58. The van der Waals surface area contributed by atoms with Crippen LogP contribution in [0.4, 0.5) is 4.39 Å². The van der Waals surface area contributed by atoms with Gasteiger partial charge in [0.05, 0.1) is 6.21 Å². The van der Waals surface area contributed by atoms with Gasteiger partial charge in [-0.1, -0.05) is 11.6 Å². The fraction of sp³-hybridized carbons (Fsp3) is 0.125. The van der Waals surface area contributed by atoms with Gasteiger partial charge in [-0.15, -0.1) is 0 Å². The van der Waals surface area contributed by atoms with Gasteiger partial charge >= 0.3 is 0 Å². The summed E-state index contributed by atoms with van der Waals surface area (Å²) < 4.78 is 12.8. The van der Waals surface area contributed by atoms with Crippen LogP contribution in [0.25, 0.3) is 0 Å². The maximum atomic E-state index is 12.8. The molecule has 1 aromatic rings. The van der Waals surface area contributed by atoms with Gasteiger partial charge in [0.2, 0.25) is 0 Å². The quantitative estimate of drug-likeness (QED) is 0.369. The van der Waals surface area contributed by atoms with E-state index in [4.69, 9.17) is 5.84 Å². The van der Waals surface area contributed by atoms with Crippen molar-refractivity contribution in [3.8, 4) is 0 Å². The summed E-state index contributed by atoms with van der Waals surface area (Å²) in [6, 6.07) is 4.78. The molecule has 0 amide bonds. The molecule has 1 aromatic carbocycles. The number of hydrogen-bond acceptors (Lipinski definition) is 2. The maximum absolute atomic E-state index is 12.8. The van der Waals surface area contributed by atoms with Crippen LogP contribution in [0.1, 0.15) is 11.1 Å². The highest BCUT2D eigenvalue weighted by atomic mass is 19.1. The van der Waals surface area contributed by atoms with Crippen LogP contribution in [-0.4, -0.2) is 6.21 Å². The Morgan fingerprint density at radius 1 is 1.55 bits per heavy atom. The maximum Gasteiger partial charge on any atom is 0.132 e. The van der Waals surface area contributed by atoms with E-state index in [1.54, 1.807) is 12.1 Å². The topological polar surface area (TPSA) is 38.4 Å². The molecule has 0 saturated carbocycles. The van der Waals surface area contributed by atoms with Gasteiger partial charge in [0.1, 0.15) is 5.82 Å². The van der Waals surface area contributed by atoms with Crippen LogP contribution in [0.15, 0.2) is 23.3 Å².